The van der Waals surface area contributed by atoms with Gasteiger partial charge in [-0.1, -0.05) is 0 Å². The maximum absolute atomic E-state index is 11.7. The van der Waals surface area contributed by atoms with Crippen LogP contribution in [0.4, 0.5) is 5.69 Å². The van der Waals surface area contributed by atoms with Gasteiger partial charge >= 0.3 is 5.22 Å². The van der Waals surface area contributed by atoms with Gasteiger partial charge in [-0.05, 0) is 19.1 Å². The molecule has 3 N–H and O–H groups in total. The number of aliphatic hydroxyl groups excluding tert-OH is 1. The minimum Gasteiger partial charge on any atom is -0.428 e. The van der Waals surface area contributed by atoms with E-state index in [4.69, 9.17) is 15.3 Å². The van der Waals surface area contributed by atoms with Gasteiger partial charge in [-0.25, -0.2) is 8.42 Å². The molecule has 1 atom stereocenters. The largest absolute Gasteiger partial charge is 0.428 e. The highest BCUT2D eigenvalue weighted by molar-refractivity contribution is 7.91. The van der Waals surface area contributed by atoms with Crippen LogP contribution in [0.15, 0.2) is 27.8 Å². The summed E-state index contributed by atoms with van der Waals surface area (Å²) in [5, 5.41) is 8.71. The maximum atomic E-state index is 11.7. The van der Waals surface area contributed by atoms with Gasteiger partial charge in [-0.15, -0.1) is 0 Å². The summed E-state index contributed by atoms with van der Waals surface area (Å²) in [7, 11) is -3.70. The number of rotatable bonds is 3. The van der Waals surface area contributed by atoms with Crippen LogP contribution in [0.25, 0.3) is 11.1 Å². The number of fused-ring (bicyclic) bond motifs is 1. The maximum Gasteiger partial charge on any atom is 0.316 e. The Labute approximate surface area is 98.0 Å². The molecule has 0 amide bonds. The third kappa shape index (κ3) is 2.40. The van der Waals surface area contributed by atoms with Crippen LogP contribution in [-0.2, 0) is 9.84 Å². The van der Waals surface area contributed by atoms with Crippen molar-refractivity contribution in [2.24, 2.45) is 0 Å². The number of hydrogen-bond donors (Lipinski definition) is 2. The number of sulfone groups is 1. The highest BCUT2D eigenvalue weighted by atomic mass is 32.2. The fourth-order valence-corrected chi connectivity index (χ4v) is 2.67. The average Bonchev–Trinajstić information content (AvgIpc) is 2.58. The fraction of sp³-hybridized carbons (Fsp3) is 0.300. The third-order valence-corrected chi connectivity index (χ3v) is 3.75. The van der Waals surface area contributed by atoms with Crippen molar-refractivity contribution >= 4 is 26.6 Å². The van der Waals surface area contributed by atoms with E-state index in [1.165, 1.54) is 13.0 Å². The molecule has 0 aliphatic rings. The Kier molecular flexibility index (Phi) is 2.80. The van der Waals surface area contributed by atoms with E-state index in [1.807, 2.05) is 0 Å². The summed E-state index contributed by atoms with van der Waals surface area (Å²) in [6, 6.07) is 4.69. The van der Waals surface area contributed by atoms with Crippen molar-refractivity contribution in [2.45, 2.75) is 18.3 Å². The fourth-order valence-electron chi connectivity index (χ4n) is 1.44. The number of aliphatic hydroxyl groups is 1. The summed E-state index contributed by atoms with van der Waals surface area (Å²) in [6.45, 7) is 1.39. The van der Waals surface area contributed by atoms with Gasteiger partial charge in [-0.2, -0.15) is 4.98 Å². The lowest BCUT2D eigenvalue weighted by atomic mass is 10.3. The zero-order valence-electron chi connectivity index (χ0n) is 9.12. The molecule has 1 aromatic carbocycles. The molecular formula is C10H12N2O4S. The summed E-state index contributed by atoms with van der Waals surface area (Å²) in [6.07, 6.45) is -0.972. The normalized spacial score (nSPS) is 14.0. The second-order valence-corrected chi connectivity index (χ2v) is 5.75. The van der Waals surface area contributed by atoms with Gasteiger partial charge < -0.3 is 15.3 Å². The highest BCUT2D eigenvalue weighted by Gasteiger charge is 2.23. The molecule has 7 heteroatoms. The van der Waals surface area contributed by atoms with Crippen LogP contribution in [0.2, 0.25) is 0 Å². The van der Waals surface area contributed by atoms with E-state index < -0.39 is 21.7 Å². The van der Waals surface area contributed by atoms with Crippen molar-refractivity contribution in [3.63, 3.8) is 0 Å². The highest BCUT2D eigenvalue weighted by Crippen LogP contribution is 2.21. The lowest BCUT2D eigenvalue weighted by Gasteiger charge is -2.01. The Morgan fingerprint density at radius 1 is 1.53 bits per heavy atom. The van der Waals surface area contributed by atoms with Gasteiger partial charge in [-0.3, -0.25) is 0 Å². The van der Waals surface area contributed by atoms with Crippen LogP contribution >= 0.6 is 0 Å². The molecule has 0 radical (unpaired) electrons. The minimum atomic E-state index is -3.70. The zero-order chi connectivity index (χ0) is 12.6. The van der Waals surface area contributed by atoms with E-state index in [2.05, 4.69) is 4.98 Å². The molecule has 0 aliphatic heterocycles. The van der Waals surface area contributed by atoms with E-state index in [1.54, 1.807) is 12.1 Å². The average molecular weight is 256 g/mol. The number of nitrogen functional groups attached to an aromatic ring is 1. The number of benzene rings is 1. The molecule has 92 valence electrons. The molecular weight excluding hydrogens is 244 g/mol. The van der Waals surface area contributed by atoms with E-state index in [0.717, 1.165) is 0 Å². The van der Waals surface area contributed by atoms with E-state index >= 15 is 0 Å². The standard InChI is InChI=1S/C10H12N2O4S/c1-6(13)5-17(14,15)10-12-8-3-2-7(11)4-9(8)16-10/h2-4,6,13H,5,11H2,1H3. The second kappa shape index (κ2) is 4.01. The molecule has 2 rings (SSSR count). The van der Waals surface area contributed by atoms with E-state index in [-0.39, 0.29) is 5.22 Å². The monoisotopic (exact) mass is 256 g/mol. The predicted octanol–water partition coefficient (Wildman–Crippen LogP) is 0.565. The van der Waals surface area contributed by atoms with Crippen LogP contribution in [0.3, 0.4) is 0 Å². The lowest BCUT2D eigenvalue weighted by Crippen LogP contribution is -2.17. The first kappa shape index (κ1) is 11.9. The number of nitrogens with zero attached hydrogens (tertiary/aromatic N) is 1. The number of anilines is 1. The SMILES string of the molecule is CC(O)CS(=O)(=O)c1nc2ccc(N)cc2o1. The van der Waals surface area contributed by atoms with Crippen LogP contribution in [-0.4, -0.2) is 30.4 Å². The van der Waals surface area contributed by atoms with Gasteiger partial charge in [0.05, 0.1) is 11.9 Å². The van der Waals surface area contributed by atoms with Gasteiger partial charge in [0.1, 0.15) is 5.52 Å². The van der Waals surface area contributed by atoms with Gasteiger partial charge in [0.2, 0.25) is 9.84 Å². The molecule has 0 fully saturated rings. The molecule has 6 nitrogen and oxygen atoms in total. The zero-order valence-corrected chi connectivity index (χ0v) is 9.94. The quantitative estimate of drug-likeness (QED) is 0.777. The number of oxazole rings is 1. The third-order valence-electron chi connectivity index (χ3n) is 2.12. The topological polar surface area (TPSA) is 106 Å². The van der Waals surface area contributed by atoms with E-state index in [9.17, 15) is 8.42 Å². The Balaban J connectivity index is 2.50. The van der Waals surface area contributed by atoms with Crippen molar-refractivity contribution < 1.29 is 17.9 Å². The smallest absolute Gasteiger partial charge is 0.316 e. The van der Waals surface area contributed by atoms with Crippen molar-refractivity contribution in [1.29, 1.82) is 0 Å². The summed E-state index contributed by atoms with van der Waals surface area (Å²) in [5.74, 6) is -0.421. The molecule has 0 saturated heterocycles. The molecule has 0 saturated carbocycles. The molecule has 1 aromatic heterocycles. The Morgan fingerprint density at radius 3 is 2.88 bits per heavy atom. The van der Waals surface area contributed by atoms with Crippen molar-refractivity contribution in [3.8, 4) is 0 Å². The number of aromatic nitrogens is 1. The van der Waals surface area contributed by atoms with Gasteiger partial charge in [0.15, 0.2) is 5.58 Å². The first-order chi connectivity index (χ1) is 7.88. The molecule has 17 heavy (non-hydrogen) atoms. The first-order valence-electron chi connectivity index (χ1n) is 4.95. The Hall–Kier alpha value is -1.60. The number of hydrogen-bond acceptors (Lipinski definition) is 6. The molecule has 1 heterocycles. The lowest BCUT2D eigenvalue weighted by molar-refractivity contribution is 0.217. The predicted molar refractivity (Wildman–Crippen MR) is 62.2 cm³/mol. The van der Waals surface area contributed by atoms with Crippen molar-refractivity contribution in [2.75, 3.05) is 11.5 Å². The summed E-state index contributed by atoms with van der Waals surface area (Å²) < 4.78 is 28.6. The van der Waals surface area contributed by atoms with Crippen LogP contribution in [0, 0.1) is 0 Å². The first-order valence-corrected chi connectivity index (χ1v) is 6.60. The summed E-state index contributed by atoms with van der Waals surface area (Å²) >= 11 is 0. The number of nitrogens with two attached hydrogens (primary N) is 1. The Bertz CT molecular complexity index is 645. The second-order valence-electron chi connectivity index (χ2n) is 3.84. The van der Waals surface area contributed by atoms with Crippen molar-refractivity contribution in [1.82, 2.24) is 4.98 Å². The van der Waals surface area contributed by atoms with E-state index in [0.29, 0.717) is 16.8 Å². The van der Waals surface area contributed by atoms with Gasteiger partial charge in [0, 0.05) is 11.8 Å². The summed E-state index contributed by atoms with van der Waals surface area (Å²) in [4.78, 5) is 3.86. The molecule has 0 aliphatic carbocycles. The van der Waals surface area contributed by atoms with Crippen LogP contribution in [0.1, 0.15) is 6.92 Å². The molecule has 2 aromatic rings. The van der Waals surface area contributed by atoms with Crippen molar-refractivity contribution in [3.05, 3.63) is 18.2 Å². The molecule has 0 bridgehead atoms. The Morgan fingerprint density at radius 2 is 2.24 bits per heavy atom. The minimum absolute atomic E-state index is 0.314. The van der Waals surface area contributed by atoms with Gasteiger partial charge in [0.25, 0.3) is 0 Å². The summed E-state index contributed by atoms with van der Waals surface area (Å²) in [5.41, 5.74) is 6.75. The van der Waals surface area contributed by atoms with Crippen LogP contribution in [0.5, 0.6) is 0 Å². The molecule has 1 unspecified atom stereocenters. The molecule has 0 spiro atoms. The van der Waals surface area contributed by atoms with Crippen LogP contribution < -0.4 is 5.73 Å².